The molecule has 0 N–H and O–H groups in total. The third-order valence-corrected chi connectivity index (χ3v) is 6.63. The van der Waals surface area contributed by atoms with E-state index in [0.29, 0.717) is 11.3 Å². The van der Waals surface area contributed by atoms with Crippen molar-refractivity contribution >= 4 is 6.29 Å². The summed E-state index contributed by atoms with van der Waals surface area (Å²) in [5.74, 6) is 2.40. The van der Waals surface area contributed by atoms with Crippen LogP contribution in [0.1, 0.15) is 72.6 Å². The molecule has 0 aromatic heterocycles. The van der Waals surface area contributed by atoms with Gasteiger partial charge in [0.25, 0.3) is 0 Å². The minimum atomic E-state index is 0.257. The van der Waals surface area contributed by atoms with Gasteiger partial charge in [0, 0.05) is 6.42 Å². The first kappa shape index (κ1) is 14.1. The summed E-state index contributed by atoms with van der Waals surface area (Å²) >= 11 is 0. The molecule has 1 heteroatoms. The Bertz CT molecular complexity index is 311. The summed E-state index contributed by atoms with van der Waals surface area (Å²) in [6, 6.07) is 0. The molecule has 2 saturated carbocycles. The second kappa shape index (κ2) is 4.98. The SMILES string of the molecule is CC[C@@H]1CC[C@H]2[C@@](C)(CC[C@@H](C)[C@]2(C)CC=O)C1. The van der Waals surface area contributed by atoms with Gasteiger partial charge >= 0.3 is 0 Å². The fourth-order valence-electron chi connectivity index (χ4n) is 5.15. The van der Waals surface area contributed by atoms with Crippen LogP contribution >= 0.6 is 0 Å². The zero-order valence-electron chi connectivity index (χ0n) is 12.7. The molecular weight excluding hydrogens is 220 g/mol. The van der Waals surface area contributed by atoms with Crippen molar-refractivity contribution in [1.82, 2.24) is 0 Å². The molecule has 1 nitrogen and oxygen atoms in total. The monoisotopic (exact) mass is 250 g/mol. The minimum Gasteiger partial charge on any atom is -0.303 e. The van der Waals surface area contributed by atoms with E-state index in [9.17, 15) is 4.79 Å². The topological polar surface area (TPSA) is 17.1 Å². The number of hydrogen-bond donors (Lipinski definition) is 0. The zero-order chi connectivity index (χ0) is 13.4. The van der Waals surface area contributed by atoms with Crippen LogP contribution in [0.25, 0.3) is 0 Å². The lowest BCUT2D eigenvalue weighted by Crippen LogP contribution is -2.50. The van der Waals surface area contributed by atoms with Crippen LogP contribution in [-0.4, -0.2) is 6.29 Å². The number of rotatable bonds is 3. The van der Waals surface area contributed by atoms with E-state index in [-0.39, 0.29) is 5.41 Å². The van der Waals surface area contributed by atoms with Gasteiger partial charge in [0.2, 0.25) is 0 Å². The van der Waals surface area contributed by atoms with Gasteiger partial charge in [-0.15, -0.1) is 0 Å². The highest BCUT2D eigenvalue weighted by molar-refractivity contribution is 5.51. The van der Waals surface area contributed by atoms with Crippen LogP contribution < -0.4 is 0 Å². The summed E-state index contributed by atoms with van der Waals surface area (Å²) in [6.45, 7) is 9.61. The maximum Gasteiger partial charge on any atom is 0.120 e. The lowest BCUT2D eigenvalue weighted by molar-refractivity contribution is -0.122. The lowest BCUT2D eigenvalue weighted by atomic mass is 9.46. The Hall–Kier alpha value is -0.330. The average molecular weight is 250 g/mol. The van der Waals surface area contributed by atoms with Gasteiger partial charge in [-0.25, -0.2) is 0 Å². The highest BCUT2D eigenvalue weighted by Gasteiger charge is 2.53. The Morgan fingerprint density at radius 2 is 1.94 bits per heavy atom. The van der Waals surface area contributed by atoms with Crippen LogP contribution in [0.3, 0.4) is 0 Å². The molecule has 0 aliphatic heterocycles. The summed E-state index contributed by atoms with van der Waals surface area (Å²) < 4.78 is 0. The first-order valence-corrected chi connectivity index (χ1v) is 7.90. The van der Waals surface area contributed by atoms with Crippen molar-refractivity contribution in [3.63, 3.8) is 0 Å². The van der Waals surface area contributed by atoms with Gasteiger partial charge in [0.05, 0.1) is 0 Å². The van der Waals surface area contributed by atoms with Crippen molar-refractivity contribution in [3.8, 4) is 0 Å². The standard InChI is InChI=1S/C17H30O/c1-5-14-6-7-15-16(3,12-14)9-8-13(2)17(15,4)10-11-18/h11,13-15H,5-10,12H2,1-4H3/t13-,14-,15+,16+,17+/m1/s1. The van der Waals surface area contributed by atoms with E-state index in [0.717, 1.165) is 18.3 Å². The van der Waals surface area contributed by atoms with Gasteiger partial charge in [-0.2, -0.15) is 0 Å². The molecule has 0 aromatic carbocycles. The maximum absolute atomic E-state index is 11.1. The van der Waals surface area contributed by atoms with E-state index in [1.807, 2.05) is 0 Å². The molecule has 0 unspecified atom stereocenters. The Kier molecular flexibility index (Phi) is 3.90. The Morgan fingerprint density at radius 1 is 1.22 bits per heavy atom. The van der Waals surface area contributed by atoms with Crippen molar-refractivity contribution in [2.24, 2.45) is 28.6 Å². The molecule has 0 radical (unpaired) electrons. The van der Waals surface area contributed by atoms with Crippen LogP contribution in [0.2, 0.25) is 0 Å². The molecule has 0 bridgehead atoms. The summed E-state index contributed by atoms with van der Waals surface area (Å²) in [4.78, 5) is 11.1. The van der Waals surface area contributed by atoms with E-state index in [2.05, 4.69) is 27.7 Å². The number of hydrogen-bond acceptors (Lipinski definition) is 1. The third kappa shape index (κ3) is 2.14. The number of carbonyl (C=O) groups is 1. The van der Waals surface area contributed by atoms with Crippen LogP contribution in [0.15, 0.2) is 0 Å². The molecule has 5 atom stereocenters. The molecule has 0 saturated heterocycles. The van der Waals surface area contributed by atoms with E-state index in [1.165, 1.54) is 44.8 Å². The fraction of sp³-hybridized carbons (Fsp3) is 0.941. The minimum absolute atomic E-state index is 0.257. The van der Waals surface area contributed by atoms with Gasteiger partial charge in [-0.05, 0) is 54.3 Å². The molecule has 0 amide bonds. The van der Waals surface area contributed by atoms with Gasteiger partial charge in [0.15, 0.2) is 0 Å². The predicted octanol–water partition coefficient (Wildman–Crippen LogP) is 4.84. The molecular formula is C17H30O. The predicted molar refractivity (Wildman–Crippen MR) is 76.4 cm³/mol. The van der Waals surface area contributed by atoms with Crippen LogP contribution in [0.5, 0.6) is 0 Å². The van der Waals surface area contributed by atoms with Crippen molar-refractivity contribution in [2.75, 3.05) is 0 Å². The molecule has 18 heavy (non-hydrogen) atoms. The summed E-state index contributed by atoms with van der Waals surface area (Å²) in [7, 11) is 0. The first-order valence-electron chi connectivity index (χ1n) is 7.90. The fourth-order valence-corrected chi connectivity index (χ4v) is 5.15. The molecule has 2 aliphatic carbocycles. The number of carbonyl (C=O) groups excluding carboxylic acids is 1. The van der Waals surface area contributed by atoms with Gasteiger partial charge in [0.1, 0.15) is 6.29 Å². The van der Waals surface area contributed by atoms with Crippen molar-refractivity contribution < 1.29 is 4.79 Å². The highest BCUT2D eigenvalue weighted by atomic mass is 16.1. The van der Waals surface area contributed by atoms with Crippen LogP contribution in [0.4, 0.5) is 0 Å². The molecule has 2 rings (SSSR count). The van der Waals surface area contributed by atoms with Gasteiger partial charge in [-0.1, -0.05) is 40.5 Å². The van der Waals surface area contributed by atoms with Crippen molar-refractivity contribution in [1.29, 1.82) is 0 Å². The molecule has 2 fully saturated rings. The molecule has 0 spiro atoms. The van der Waals surface area contributed by atoms with Crippen molar-refractivity contribution in [3.05, 3.63) is 0 Å². The van der Waals surface area contributed by atoms with Crippen molar-refractivity contribution in [2.45, 2.75) is 72.6 Å². The smallest absolute Gasteiger partial charge is 0.120 e. The Balaban J connectivity index is 2.25. The van der Waals surface area contributed by atoms with Gasteiger partial charge in [-0.3, -0.25) is 0 Å². The quantitative estimate of drug-likeness (QED) is 0.655. The molecule has 0 aromatic rings. The summed E-state index contributed by atoms with van der Waals surface area (Å²) in [5, 5.41) is 0. The normalized spacial score (nSPS) is 48.6. The maximum atomic E-state index is 11.1. The largest absolute Gasteiger partial charge is 0.303 e. The molecule has 0 heterocycles. The molecule has 2 aliphatic rings. The third-order valence-electron chi connectivity index (χ3n) is 6.63. The highest BCUT2D eigenvalue weighted by Crippen LogP contribution is 2.61. The second-order valence-electron chi connectivity index (χ2n) is 7.58. The summed E-state index contributed by atoms with van der Waals surface area (Å²) in [6.07, 6.45) is 10.1. The second-order valence-corrected chi connectivity index (χ2v) is 7.58. The summed E-state index contributed by atoms with van der Waals surface area (Å²) in [5.41, 5.74) is 0.761. The van der Waals surface area contributed by atoms with E-state index >= 15 is 0 Å². The number of fused-ring (bicyclic) bond motifs is 1. The molecule has 104 valence electrons. The average Bonchev–Trinajstić information content (AvgIpc) is 2.34. The van der Waals surface area contributed by atoms with Crippen LogP contribution in [0, 0.1) is 28.6 Å². The zero-order valence-corrected chi connectivity index (χ0v) is 12.7. The first-order chi connectivity index (χ1) is 8.46. The van der Waals surface area contributed by atoms with Crippen LogP contribution in [-0.2, 0) is 4.79 Å². The lowest BCUT2D eigenvalue weighted by Gasteiger charge is -2.58. The van der Waals surface area contributed by atoms with E-state index < -0.39 is 0 Å². The Morgan fingerprint density at radius 3 is 2.56 bits per heavy atom. The van der Waals surface area contributed by atoms with Gasteiger partial charge < -0.3 is 4.79 Å². The Labute approximate surface area is 113 Å². The van der Waals surface area contributed by atoms with E-state index in [4.69, 9.17) is 0 Å². The number of aldehydes is 1. The van der Waals surface area contributed by atoms with E-state index in [1.54, 1.807) is 0 Å².